The zero-order valence-electron chi connectivity index (χ0n) is 16.1. The Morgan fingerprint density at radius 2 is 1.61 bits per heavy atom. The molecule has 2 bridgehead atoms. The highest BCUT2D eigenvalue weighted by Crippen LogP contribution is 2.46. The summed E-state index contributed by atoms with van der Waals surface area (Å²) in [7, 11) is -3.88. The topological polar surface area (TPSA) is 83.5 Å². The van der Waals surface area contributed by atoms with Crippen molar-refractivity contribution in [1.82, 2.24) is 0 Å². The first-order chi connectivity index (χ1) is 14.6. The van der Waals surface area contributed by atoms with Crippen molar-refractivity contribution in [3.8, 4) is 0 Å². The number of anilines is 1. The molecule has 2 aliphatic carbocycles. The van der Waals surface area contributed by atoms with Crippen molar-refractivity contribution in [3.63, 3.8) is 0 Å². The summed E-state index contributed by atoms with van der Waals surface area (Å²) in [5.41, 5.74) is -0.412. The van der Waals surface area contributed by atoms with Crippen molar-refractivity contribution in [3.05, 3.63) is 58.4 Å². The van der Waals surface area contributed by atoms with Gasteiger partial charge in [-0.05, 0) is 55.7 Å². The first-order valence-electron chi connectivity index (χ1n) is 9.75. The molecule has 31 heavy (non-hydrogen) atoms. The number of carbonyl (C=O) groups excluding carboxylic acids is 1. The van der Waals surface area contributed by atoms with Gasteiger partial charge in [-0.3, -0.25) is 4.79 Å². The summed E-state index contributed by atoms with van der Waals surface area (Å²) in [5, 5.41) is 11.6. The van der Waals surface area contributed by atoms with Crippen molar-refractivity contribution >= 4 is 33.0 Å². The van der Waals surface area contributed by atoms with Crippen LogP contribution >= 0.6 is 11.6 Å². The fraction of sp³-hybridized carbons (Fsp3) is 0.381. The number of rotatable bonds is 4. The lowest BCUT2D eigenvalue weighted by atomic mass is 9.86. The van der Waals surface area contributed by atoms with Crippen LogP contribution in [0.5, 0.6) is 0 Å². The van der Waals surface area contributed by atoms with Gasteiger partial charge in [0.1, 0.15) is 0 Å². The Hall–Kier alpha value is -2.10. The van der Waals surface area contributed by atoms with Crippen molar-refractivity contribution in [2.45, 2.75) is 41.9 Å². The maximum atomic E-state index is 13.4. The standard InChI is InChI=1S/C21H19ClF3NO4S/c22-15-4-3-12(21(28)26-13-8-16(23)19(25)17(24)9-13)7-18(15)31(29,30)14-5-10-1-2-11(6-14)20(10)27/h3-4,7-11,14,20,27H,1-2,5-6H2,(H,26,28)/t10-,11?,14+,20-/m0/s1. The van der Waals surface area contributed by atoms with E-state index in [9.17, 15) is 31.5 Å². The summed E-state index contributed by atoms with van der Waals surface area (Å²) in [6.45, 7) is 0. The zero-order valence-corrected chi connectivity index (χ0v) is 17.7. The number of nitrogens with one attached hydrogen (secondary N) is 1. The molecule has 2 aliphatic rings. The van der Waals surface area contributed by atoms with Gasteiger partial charge in [0.15, 0.2) is 27.3 Å². The maximum Gasteiger partial charge on any atom is 0.255 e. The number of fused-ring (bicyclic) bond motifs is 2. The third-order valence-corrected chi connectivity index (χ3v) is 8.84. The second kappa shape index (κ2) is 8.11. The van der Waals surface area contributed by atoms with Gasteiger partial charge in [-0.15, -0.1) is 0 Å². The van der Waals surface area contributed by atoms with Crippen LogP contribution in [0, 0.1) is 29.3 Å². The molecule has 0 spiro atoms. The summed E-state index contributed by atoms with van der Waals surface area (Å²) < 4.78 is 66.4. The molecule has 166 valence electrons. The lowest BCUT2D eigenvalue weighted by Crippen LogP contribution is -2.37. The number of halogens is 4. The van der Waals surface area contributed by atoms with Gasteiger partial charge in [-0.25, -0.2) is 21.6 Å². The molecule has 0 heterocycles. The lowest BCUT2D eigenvalue weighted by molar-refractivity contribution is 0.0618. The van der Waals surface area contributed by atoms with E-state index in [0.29, 0.717) is 25.0 Å². The van der Waals surface area contributed by atoms with Crippen LogP contribution < -0.4 is 5.32 Å². The molecule has 1 unspecified atom stereocenters. The molecule has 5 nitrogen and oxygen atoms in total. The van der Waals surface area contributed by atoms with E-state index in [1.807, 2.05) is 0 Å². The summed E-state index contributed by atoms with van der Waals surface area (Å²) in [5.74, 6) is -5.59. The van der Waals surface area contributed by atoms with E-state index in [1.165, 1.54) is 12.1 Å². The van der Waals surface area contributed by atoms with E-state index < -0.39 is 44.5 Å². The van der Waals surface area contributed by atoms with Gasteiger partial charge in [0, 0.05) is 23.4 Å². The smallest absolute Gasteiger partial charge is 0.255 e. The molecule has 2 fully saturated rings. The van der Waals surface area contributed by atoms with Crippen LogP contribution in [-0.2, 0) is 9.84 Å². The first kappa shape index (κ1) is 22.1. The molecule has 10 heteroatoms. The lowest BCUT2D eigenvalue weighted by Gasteiger charge is -2.32. The molecule has 2 N–H and O–H groups in total. The Morgan fingerprint density at radius 1 is 1.03 bits per heavy atom. The molecular formula is C21H19ClF3NO4S. The Bertz CT molecular complexity index is 1120. The van der Waals surface area contributed by atoms with Crippen LogP contribution in [0.3, 0.4) is 0 Å². The van der Waals surface area contributed by atoms with Gasteiger partial charge >= 0.3 is 0 Å². The van der Waals surface area contributed by atoms with E-state index >= 15 is 0 Å². The van der Waals surface area contributed by atoms with E-state index in [1.54, 1.807) is 0 Å². The van der Waals surface area contributed by atoms with Crippen LogP contribution in [0.4, 0.5) is 18.9 Å². The summed E-state index contributed by atoms with van der Waals surface area (Å²) in [4.78, 5) is 12.3. The van der Waals surface area contributed by atoms with Crippen LogP contribution in [0.15, 0.2) is 35.2 Å². The summed E-state index contributed by atoms with van der Waals surface area (Å²) >= 11 is 6.14. The van der Waals surface area contributed by atoms with Gasteiger partial charge in [0.05, 0.1) is 21.3 Å². The fourth-order valence-electron chi connectivity index (χ4n) is 4.57. The average Bonchev–Trinajstić information content (AvgIpc) is 2.91. The van der Waals surface area contributed by atoms with Crippen molar-refractivity contribution in [1.29, 1.82) is 0 Å². The van der Waals surface area contributed by atoms with Gasteiger partial charge in [-0.1, -0.05) is 11.6 Å². The predicted octanol–water partition coefficient (Wildman–Crippen LogP) is 4.33. The second-order valence-electron chi connectivity index (χ2n) is 8.08. The number of aliphatic hydroxyl groups is 1. The number of benzene rings is 2. The van der Waals surface area contributed by atoms with Crippen LogP contribution in [0.2, 0.25) is 5.02 Å². The monoisotopic (exact) mass is 473 g/mol. The van der Waals surface area contributed by atoms with E-state index in [-0.39, 0.29) is 33.0 Å². The minimum Gasteiger partial charge on any atom is -0.393 e. The quantitative estimate of drug-likeness (QED) is 0.647. The van der Waals surface area contributed by atoms with Crippen molar-refractivity contribution < 1.29 is 31.5 Å². The molecule has 4 atom stereocenters. The molecule has 0 aliphatic heterocycles. The maximum absolute atomic E-state index is 13.4. The SMILES string of the molecule is O=C(Nc1cc(F)c(F)c(F)c1)c1ccc(Cl)c(S(=O)(=O)[C@H]2CC3CC[C@@H](C2)[C@@H]3O)c1. The minimum absolute atomic E-state index is 0.0473. The highest BCUT2D eigenvalue weighted by atomic mass is 35.5. The first-order valence-corrected chi connectivity index (χ1v) is 11.7. The van der Waals surface area contributed by atoms with E-state index in [2.05, 4.69) is 5.32 Å². The molecule has 2 saturated carbocycles. The summed E-state index contributed by atoms with van der Waals surface area (Å²) in [6.07, 6.45) is 1.70. The normalized spacial score (nSPS) is 25.5. The van der Waals surface area contributed by atoms with Gasteiger partial charge in [-0.2, -0.15) is 0 Å². The third kappa shape index (κ3) is 4.06. The van der Waals surface area contributed by atoms with E-state index in [0.717, 1.165) is 18.9 Å². The number of hydrogen-bond acceptors (Lipinski definition) is 4. The average molecular weight is 474 g/mol. The van der Waals surface area contributed by atoms with Crippen LogP contribution in [-0.4, -0.2) is 30.8 Å². The molecule has 2 aromatic carbocycles. The molecule has 4 rings (SSSR count). The van der Waals surface area contributed by atoms with Gasteiger partial charge < -0.3 is 10.4 Å². The Labute approximate surface area is 182 Å². The predicted molar refractivity (Wildman–Crippen MR) is 108 cm³/mol. The van der Waals surface area contributed by atoms with Crippen LogP contribution in [0.25, 0.3) is 0 Å². The number of carbonyl (C=O) groups is 1. The second-order valence-corrected chi connectivity index (χ2v) is 10.7. The van der Waals surface area contributed by atoms with Crippen molar-refractivity contribution in [2.75, 3.05) is 5.32 Å². The highest BCUT2D eigenvalue weighted by Gasteiger charge is 2.46. The molecule has 2 aromatic rings. The van der Waals surface area contributed by atoms with Gasteiger partial charge in [0.25, 0.3) is 5.91 Å². The number of sulfone groups is 1. The molecule has 0 aromatic heterocycles. The number of hydrogen-bond donors (Lipinski definition) is 2. The Balaban J connectivity index is 1.60. The van der Waals surface area contributed by atoms with Gasteiger partial charge in [0.2, 0.25) is 0 Å². The molecular weight excluding hydrogens is 455 g/mol. The molecule has 0 radical (unpaired) electrons. The van der Waals surface area contributed by atoms with Crippen molar-refractivity contribution in [2.24, 2.45) is 11.8 Å². The summed E-state index contributed by atoms with van der Waals surface area (Å²) in [6, 6.07) is 4.90. The fourth-order valence-corrected chi connectivity index (χ4v) is 7.00. The third-order valence-electron chi connectivity index (χ3n) is 6.19. The largest absolute Gasteiger partial charge is 0.393 e. The molecule has 0 saturated heterocycles. The Kier molecular flexibility index (Phi) is 5.78. The van der Waals surface area contributed by atoms with Crippen LogP contribution in [0.1, 0.15) is 36.0 Å². The number of aliphatic hydroxyl groups excluding tert-OH is 1. The van der Waals surface area contributed by atoms with E-state index in [4.69, 9.17) is 11.6 Å². The molecule has 1 amide bonds. The Morgan fingerprint density at radius 3 is 2.19 bits per heavy atom. The minimum atomic E-state index is -3.88. The highest BCUT2D eigenvalue weighted by molar-refractivity contribution is 7.92. The zero-order chi connectivity index (χ0) is 22.5. The number of amides is 1.